The van der Waals surface area contributed by atoms with Crippen molar-refractivity contribution in [2.24, 2.45) is 0 Å². The third kappa shape index (κ3) is 2.51. The predicted octanol–water partition coefficient (Wildman–Crippen LogP) is 2.35. The Labute approximate surface area is 144 Å². The quantitative estimate of drug-likeness (QED) is 0.858. The number of rotatable bonds is 2. The molecule has 1 amide bonds. The number of sulfonamides is 1. The molecule has 0 atom stereocenters. The minimum Gasteiger partial charge on any atom is -0.383 e. The lowest BCUT2D eigenvalue weighted by molar-refractivity contribution is -0.115. The molecule has 0 fully saturated rings. The van der Waals surface area contributed by atoms with Crippen molar-refractivity contribution >= 4 is 44.8 Å². The van der Waals surface area contributed by atoms with Crippen LogP contribution in [0.2, 0.25) is 0 Å². The molecule has 0 radical (unpaired) electrons. The maximum absolute atomic E-state index is 13.1. The number of anilines is 3. The van der Waals surface area contributed by atoms with Crippen molar-refractivity contribution < 1.29 is 13.2 Å². The van der Waals surface area contributed by atoms with E-state index in [1.54, 1.807) is 48.2 Å². The number of amides is 1. The molecule has 2 aliphatic rings. The highest BCUT2D eigenvalue weighted by molar-refractivity contribution is 7.99. The van der Waals surface area contributed by atoms with Crippen LogP contribution >= 0.6 is 11.8 Å². The molecular weight excluding hydrogens is 346 g/mol. The Bertz CT molecular complexity index is 928. The molecule has 0 aliphatic carbocycles. The Balaban J connectivity index is 1.79. The molecule has 2 heterocycles. The second-order valence-electron chi connectivity index (χ2n) is 5.51. The maximum Gasteiger partial charge on any atom is 0.264 e. The summed E-state index contributed by atoms with van der Waals surface area (Å²) in [6, 6.07) is 12.0. The van der Waals surface area contributed by atoms with Crippen molar-refractivity contribution in [3.63, 3.8) is 0 Å². The minimum atomic E-state index is -3.82. The third-order valence-electron chi connectivity index (χ3n) is 3.95. The summed E-state index contributed by atoms with van der Waals surface area (Å²) in [5.74, 6) is 0.614. The second kappa shape index (κ2) is 5.71. The topological polar surface area (TPSA) is 78.5 Å². The molecule has 0 unspecified atom stereocenters. The molecule has 0 spiro atoms. The van der Waals surface area contributed by atoms with Gasteiger partial charge < -0.3 is 10.6 Å². The molecular formula is C16H15N3O3S2. The zero-order valence-electron chi connectivity index (χ0n) is 12.7. The van der Waals surface area contributed by atoms with Gasteiger partial charge in [0.15, 0.2) is 0 Å². The van der Waals surface area contributed by atoms with Crippen LogP contribution in [-0.4, -0.2) is 33.2 Å². The van der Waals surface area contributed by atoms with E-state index in [1.165, 1.54) is 4.31 Å². The SMILES string of the molecule is O=C1CN(S(=O)(=O)c2ccc3c(c2)NCCS3)c2ccccc2N1. The van der Waals surface area contributed by atoms with Crippen LogP contribution in [0, 0.1) is 0 Å². The van der Waals surface area contributed by atoms with Crippen molar-refractivity contribution in [2.45, 2.75) is 9.79 Å². The number of benzene rings is 2. The van der Waals surface area contributed by atoms with Gasteiger partial charge in [-0.3, -0.25) is 9.10 Å². The number of carbonyl (C=O) groups is 1. The van der Waals surface area contributed by atoms with Gasteiger partial charge >= 0.3 is 0 Å². The Morgan fingerprint density at radius 2 is 1.92 bits per heavy atom. The number of hydrogen-bond donors (Lipinski definition) is 2. The highest BCUT2D eigenvalue weighted by atomic mass is 32.2. The Hall–Kier alpha value is -2.19. The van der Waals surface area contributed by atoms with Gasteiger partial charge in [-0.25, -0.2) is 8.42 Å². The van der Waals surface area contributed by atoms with E-state index in [0.717, 1.165) is 22.9 Å². The molecule has 0 saturated heterocycles. The Morgan fingerprint density at radius 1 is 1.08 bits per heavy atom. The van der Waals surface area contributed by atoms with E-state index >= 15 is 0 Å². The first kappa shape index (κ1) is 15.3. The standard InChI is InChI=1S/C16H15N3O3S2/c20-16-10-19(14-4-2-1-3-12(14)18-16)24(21,22)11-5-6-15-13(9-11)17-7-8-23-15/h1-6,9,17H,7-8,10H2,(H,18,20). The van der Waals surface area contributed by atoms with Gasteiger partial charge in [-0.05, 0) is 30.3 Å². The molecule has 24 heavy (non-hydrogen) atoms. The molecule has 124 valence electrons. The minimum absolute atomic E-state index is 0.181. The lowest BCUT2D eigenvalue weighted by Crippen LogP contribution is -2.42. The number of hydrogen-bond acceptors (Lipinski definition) is 5. The van der Waals surface area contributed by atoms with Gasteiger partial charge in [0.2, 0.25) is 5.91 Å². The molecule has 0 aromatic heterocycles. The van der Waals surface area contributed by atoms with Gasteiger partial charge in [-0.15, -0.1) is 11.8 Å². The molecule has 0 bridgehead atoms. The van der Waals surface area contributed by atoms with Crippen LogP contribution in [0.1, 0.15) is 0 Å². The lowest BCUT2D eigenvalue weighted by Gasteiger charge is -2.30. The number of para-hydroxylation sites is 2. The molecule has 2 aromatic rings. The van der Waals surface area contributed by atoms with Crippen LogP contribution in [0.15, 0.2) is 52.3 Å². The molecule has 2 aromatic carbocycles. The summed E-state index contributed by atoms with van der Waals surface area (Å²) in [5, 5.41) is 5.93. The molecule has 0 saturated carbocycles. The van der Waals surface area contributed by atoms with Crippen molar-refractivity contribution in [3.8, 4) is 0 Å². The molecule has 2 N–H and O–H groups in total. The van der Waals surface area contributed by atoms with Crippen LogP contribution < -0.4 is 14.9 Å². The highest BCUT2D eigenvalue weighted by Crippen LogP contribution is 2.36. The summed E-state index contributed by atoms with van der Waals surface area (Å²) in [6.45, 7) is 0.578. The number of carbonyl (C=O) groups excluding carboxylic acids is 1. The van der Waals surface area contributed by atoms with Crippen molar-refractivity contribution in [1.82, 2.24) is 0 Å². The normalized spacial score (nSPS) is 16.7. The summed E-state index contributed by atoms with van der Waals surface area (Å²) in [5.41, 5.74) is 1.81. The molecule has 2 aliphatic heterocycles. The van der Waals surface area contributed by atoms with Gasteiger partial charge in [0.1, 0.15) is 6.54 Å². The summed E-state index contributed by atoms with van der Waals surface area (Å²) < 4.78 is 27.4. The maximum atomic E-state index is 13.1. The second-order valence-corrected chi connectivity index (χ2v) is 8.51. The zero-order chi connectivity index (χ0) is 16.7. The number of fused-ring (bicyclic) bond motifs is 2. The average Bonchev–Trinajstić information content (AvgIpc) is 2.60. The van der Waals surface area contributed by atoms with E-state index in [2.05, 4.69) is 10.6 Å². The fraction of sp³-hybridized carbons (Fsp3) is 0.188. The first-order chi connectivity index (χ1) is 11.6. The zero-order valence-corrected chi connectivity index (χ0v) is 14.3. The fourth-order valence-corrected chi connectivity index (χ4v) is 5.17. The Morgan fingerprint density at radius 3 is 2.79 bits per heavy atom. The van der Waals surface area contributed by atoms with E-state index in [1.807, 2.05) is 6.07 Å². The van der Waals surface area contributed by atoms with Crippen molar-refractivity contribution in [3.05, 3.63) is 42.5 Å². The number of nitrogens with zero attached hydrogens (tertiary/aromatic N) is 1. The summed E-state index contributed by atoms with van der Waals surface area (Å²) in [6.07, 6.45) is 0. The fourth-order valence-electron chi connectivity index (χ4n) is 2.82. The van der Waals surface area contributed by atoms with Crippen LogP contribution in [0.4, 0.5) is 17.1 Å². The number of thioether (sulfide) groups is 1. The summed E-state index contributed by atoms with van der Waals surface area (Å²) in [7, 11) is -3.82. The van der Waals surface area contributed by atoms with Crippen molar-refractivity contribution in [1.29, 1.82) is 0 Å². The van der Waals surface area contributed by atoms with E-state index in [0.29, 0.717) is 11.4 Å². The molecule has 4 rings (SSSR count). The molecule has 6 nitrogen and oxygen atoms in total. The van der Waals surface area contributed by atoms with Crippen LogP contribution in [0.25, 0.3) is 0 Å². The van der Waals surface area contributed by atoms with Gasteiger partial charge in [0.25, 0.3) is 10.0 Å². The van der Waals surface area contributed by atoms with Gasteiger partial charge in [-0.2, -0.15) is 0 Å². The van der Waals surface area contributed by atoms with Crippen LogP contribution in [0.3, 0.4) is 0 Å². The van der Waals surface area contributed by atoms with Crippen molar-refractivity contribution in [2.75, 3.05) is 33.8 Å². The van der Waals surface area contributed by atoms with Crippen LogP contribution in [0.5, 0.6) is 0 Å². The highest BCUT2D eigenvalue weighted by Gasteiger charge is 2.32. The summed E-state index contributed by atoms with van der Waals surface area (Å²) >= 11 is 1.70. The van der Waals surface area contributed by atoms with Gasteiger partial charge in [0.05, 0.1) is 16.3 Å². The monoisotopic (exact) mass is 361 g/mol. The first-order valence-corrected chi connectivity index (χ1v) is 9.90. The van der Waals surface area contributed by atoms with E-state index in [-0.39, 0.29) is 17.3 Å². The number of nitrogens with one attached hydrogen (secondary N) is 2. The lowest BCUT2D eigenvalue weighted by atomic mass is 10.2. The molecule has 8 heteroatoms. The third-order valence-corrected chi connectivity index (χ3v) is 6.78. The summed E-state index contributed by atoms with van der Waals surface area (Å²) in [4.78, 5) is 13.1. The smallest absolute Gasteiger partial charge is 0.264 e. The van der Waals surface area contributed by atoms with Crippen LogP contribution in [-0.2, 0) is 14.8 Å². The van der Waals surface area contributed by atoms with Gasteiger partial charge in [-0.1, -0.05) is 12.1 Å². The predicted molar refractivity (Wildman–Crippen MR) is 95.3 cm³/mol. The van der Waals surface area contributed by atoms with Gasteiger partial charge in [0, 0.05) is 22.9 Å². The van der Waals surface area contributed by atoms with E-state index in [9.17, 15) is 13.2 Å². The Kier molecular flexibility index (Phi) is 3.65. The first-order valence-electron chi connectivity index (χ1n) is 7.48. The average molecular weight is 361 g/mol. The van der Waals surface area contributed by atoms with E-state index < -0.39 is 10.0 Å². The largest absolute Gasteiger partial charge is 0.383 e. The van der Waals surface area contributed by atoms with E-state index in [4.69, 9.17) is 0 Å².